The van der Waals surface area contributed by atoms with E-state index in [2.05, 4.69) is 18.7 Å². The summed E-state index contributed by atoms with van der Waals surface area (Å²) in [4.78, 5) is 28.5. The van der Waals surface area contributed by atoms with Gasteiger partial charge in [0.15, 0.2) is 0 Å². The zero-order valence-electron chi connectivity index (χ0n) is 15.2. The van der Waals surface area contributed by atoms with Gasteiger partial charge in [-0.05, 0) is 43.9 Å². The fourth-order valence-electron chi connectivity index (χ4n) is 3.52. The van der Waals surface area contributed by atoms with Gasteiger partial charge < -0.3 is 9.64 Å². The van der Waals surface area contributed by atoms with Gasteiger partial charge in [0.2, 0.25) is 0 Å². The number of rotatable bonds is 7. The third kappa shape index (κ3) is 4.28. The molecule has 1 saturated heterocycles. The fraction of sp³-hybridized carbons (Fsp3) is 0.600. The first-order valence-electron chi connectivity index (χ1n) is 9.35. The summed E-state index contributed by atoms with van der Waals surface area (Å²) in [5, 5.41) is 0. The Kier molecular flexibility index (Phi) is 5.86. The average Bonchev–Trinajstić information content (AvgIpc) is 2.86. The van der Waals surface area contributed by atoms with Crippen molar-refractivity contribution < 1.29 is 14.3 Å². The molecule has 2 heterocycles. The van der Waals surface area contributed by atoms with Crippen molar-refractivity contribution in [1.82, 2.24) is 9.80 Å². The first-order valence-corrected chi connectivity index (χ1v) is 9.35. The molecule has 0 radical (unpaired) electrons. The number of piperidine rings is 1. The van der Waals surface area contributed by atoms with Crippen LogP contribution in [0, 0.1) is 5.92 Å². The number of ether oxygens (including phenoxy) is 1. The molecule has 25 heavy (non-hydrogen) atoms. The topological polar surface area (TPSA) is 49.9 Å². The van der Waals surface area contributed by atoms with Crippen LogP contribution >= 0.6 is 0 Å². The Morgan fingerprint density at radius 2 is 1.64 bits per heavy atom. The molecular formula is C20H28N2O3. The summed E-state index contributed by atoms with van der Waals surface area (Å²) in [5.74, 6) is 0.278. The molecule has 2 amide bonds. The van der Waals surface area contributed by atoms with E-state index in [4.69, 9.17) is 4.74 Å². The van der Waals surface area contributed by atoms with E-state index in [0.29, 0.717) is 29.7 Å². The summed E-state index contributed by atoms with van der Waals surface area (Å²) in [5.41, 5.74) is 1.08. The molecule has 3 rings (SSSR count). The molecule has 2 aliphatic rings. The minimum atomic E-state index is -0.151. The minimum absolute atomic E-state index is 0.151. The van der Waals surface area contributed by atoms with Gasteiger partial charge in [-0.1, -0.05) is 26.0 Å². The van der Waals surface area contributed by atoms with Crippen LogP contribution in [0.4, 0.5) is 0 Å². The van der Waals surface area contributed by atoms with Crippen LogP contribution in [-0.4, -0.2) is 60.5 Å². The zero-order valence-corrected chi connectivity index (χ0v) is 15.2. The van der Waals surface area contributed by atoms with Gasteiger partial charge in [-0.2, -0.15) is 0 Å². The van der Waals surface area contributed by atoms with Crippen molar-refractivity contribution in [3.05, 3.63) is 35.4 Å². The molecular weight excluding hydrogens is 316 g/mol. The van der Waals surface area contributed by atoms with E-state index in [1.54, 1.807) is 24.3 Å². The highest BCUT2D eigenvalue weighted by molar-refractivity contribution is 6.21. The second-order valence-electron chi connectivity index (χ2n) is 7.43. The van der Waals surface area contributed by atoms with Crippen molar-refractivity contribution in [2.24, 2.45) is 5.92 Å². The van der Waals surface area contributed by atoms with E-state index in [1.165, 1.54) is 4.90 Å². The molecule has 1 aromatic carbocycles. The summed E-state index contributed by atoms with van der Waals surface area (Å²) < 4.78 is 5.92. The van der Waals surface area contributed by atoms with Crippen molar-refractivity contribution in [3.63, 3.8) is 0 Å². The van der Waals surface area contributed by atoms with E-state index in [1.807, 2.05) is 0 Å². The van der Waals surface area contributed by atoms with Gasteiger partial charge in [-0.3, -0.25) is 14.5 Å². The predicted molar refractivity (Wildman–Crippen MR) is 96.7 cm³/mol. The van der Waals surface area contributed by atoms with Gasteiger partial charge in [0.05, 0.1) is 17.2 Å². The Balaban J connectivity index is 1.40. The lowest BCUT2D eigenvalue weighted by molar-refractivity contribution is -0.00474. The summed E-state index contributed by atoms with van der Waals surface area (Å²) in [6.07, 6.45) is 3.34. The molecule has 0 atom stereocenters. The van der Waals surface area contributed by atoms with Crippen LogP contribution in [-0.2, 0) is 4.74 Å². The second-order valence-corrected chi connectivity index (χ2v) is 7.43. The highest BCUT2D eigenvalue weighted by Gasteiger charge is 2.34. The maximum Gasteiger partial charge on any atom is 0.261 e. The SMILES string of the molecule is CC(C)COC1CCN(CCCN2C(=O)c3ccccc3C2=O)CC1. The number of nitrogens with zero attached hydrogens (tertiary/aromatic N) is 2. The largest absolute Gasteiger partial charge is 0.378 e. The maximum atomic E-state index is 12.3. The van der Waals surface area contributed by atoms with E-state index in [9.17, 15) is 9.59 Å². The summed E-state index contributed by atoms with van der Waals surface area (Å²) in [7, 11) is 0. The average molecular weight is 344 g/mol. The van der Waals surface area contributed by atoms with Gasteiger partial charge in [-0.15, -0.1) is 0 Å². The summed E-state index contributed by atoms with van der Waals surface area (Å²) in [6.45, 7) is 8.67. The molecule has 0 saturated carbocycles. The molecule has 1 aromatic rings. The van der Waals surface area contributed by atoms with E-state index >= 15 is 0 Å². The van der Waals surface area contributed by atoms with E-state index in [-0.39, 0.29) is 11.8 Å². The Morgan fingerprint density at radius 1 is 1.04 bits per heavy atom. The molecule has 5 nitrogen and oxygen atoms in total. The molecule has 0 unspecified atom stereocenters. The maximum absolute atomic E-state index is 12.3. The number of amides is 2. The molecule has 0 aromatic heterocycles. The smallest absolute Gasteiger partial charge is 0.261 e. The summed E-state index contributed by atoms with van der Waals surface area (Å²) in [6, 6.07) is 7.08. The number of carbonyl (C=O) groups is 2. The predicted octanol–water partition coefficient (Wildman–Crippen LogP) is 2.81. The molecule has 0 bridgehead atoms. The fourth-order valence-corrected chi connectivity index (χ4v) is 3.52. The van der Waals surface area contributed by atoms with Crippen LogP contribution in [0.15, 0.2) is 24.3 Å². The lowest BCUT2D eigenvalue weighted by Crippen LogP contribution is -2.39. The summed E-state index contributed by atoms with van der Waals surface area (Å²) >= 11 is 0. The van der Waals surface area contributed by atoms with Crippen LogP contribution in [0.3, 0.4) is 0 Å². The molecule has 5 heteroatoms. The Hall–Kier alpha value is -1.72. The van der Waals surface area contributed by atoms with Gasteiger partial charge in [0.25, 0.3) is 11.8 Å². The Bertz CT molecular complexity index is 586. The van der Waals surface area contributed by atoms with Crippen molar-refractivity contribution in [3.8, 4) is 0 Å². The molecule has 0 spiro atoms. The quantitative estimate of drug-likeness (QED) is 0.714. The van der Waals surface area contributed by atoms with Crippen molar-refractivity contribution >= 4 is 11.8 Å². The number of imide groups is 1. The number of hydrogen-bond donors (Lipinski definition) is 0. The van der Waals surface area contributed by atoms with Crippen LogP contribution in [0.25, 0.3) is 0 Å². The second kappa shape index (κ2) is 8.11. The molecule has 0 N–H and O–H groups in total. The third-order valence-electron chi connectivity index (χ3n) is 4.93. The van der Waals surface area contributed by atoms with Crippen LogP contribution < -0.4 is 0 Å². The lowest BCUT2D eigenvalue weighted by atomic mass is 10.1. The van der Waals surface area contributed by atoms with Gasteiger partial charge in [0, 0.05) is 26.2 Å². The highest BCUT2D eigenvalue weighted by Crippen LogP contribution is 2.22. The lowest BCUT2D eigenvalue weighted by Gasteiger charge is -2.32. The number of carbonyl (C=O) groups excluding carboxylic acids is 2. The number of hydrogen-bond acceptors (Lipinski definition) is 4. The molecule has 1 fully saturated rings. The van der Waals surface area contributed by atoms with Crippen LogP contribution in [0.2, 0.25) is 0 Å². The monoisotopic (exact) mass is 344 g/mol. The number of likely N-dealkylation sites (tertiary alicyclic amines) is 1. The number of fused-ring (bicyclic) bond motifs is 1. The minimum Gasteiger partial charge on any atom is -0.378 e. The Labute approximate surface area is 149 Å². The zero-order chi connectivity index (χ0) is 17.8. The molecule has 0 aliphatic carbocycles. The molecule has 136 valence electrons. The van der Waals surface area contributed by atoms with Crippen molar-refractivity contribution in [2.75, 3.05) is 32.8 Å². The van der Waals surface area contributed by atoms with Crippen LogP contribution in [0.1, 0.15) is 53.8 Å². The Morgan fingerprint density at radius 3 is 2.20 bits per heavy atom. The van der Waals surface area contributed by atoms with Gasteiger partial charge in [-0.25, -0.2) is 0 Å². The van der Waals surface area contributed by atoms with E-state index < -0.39 is 0 Å². The van der Waals surface area contributed by atoms with Gasteiger partial charge >= 0.3 is 0 Å². The van der Waals surface area contributed by atoms with Crippen molar-refractivity contribution in [1.29, 1.82) is 0 Å². The van der Waals surface area contributed by atoms with E-state index in [0.717, 1.165) is 45.5 Å². The third-order valence-corrected chi connectivity index (χ3v) is 4.93. The number of benzene rings is 1. The van der Waals surface area contributed by atoms with Gasteiger partial charge in [0.1, 0.15) is 0 Å². The van der Waals surface area contributed by atoms with Crippen LogP contribution in [0.5, 0.6) is 0 Å². The normalized spacial score (nSPS) is 19.1. The molecule has 2 aliphatic heterocycles. The van der Waals surface area contributed by atoms with Crippen molar-refractivity contribution in [2.45, 2.75) is 39.2 Å². The first kappa shape index (κ1) is 18.1. The first-order chi connectivity index (χ1) is 12.1. The standard InChI is InChI=1S/C20H28N2O3/c1-15(2)14-25-16-8-12-21(13-9-16)10-5-11-22-19(23)17-6-3-4-7-18(17)20(22)24/h3-4,6-7,15-16H,5,8-14H2,1-2H3. The highest BCUT2D eigenvalue weighted by atomic mass is 16.5.